The molecule has 1 amide bonds. The Bertz CT molecular complexity index is 1600. The molecule has 0 saturated carbocycles. The largest absolute Gasteiger partial charge is 0.324 e. The van der Waals surface area contributed by atoms with Gasteiger partial charge >= 0.3 is 0 Å². The molecule has 1 unspecified atom stereocenters. The number of fused-ring (bicyclic) bond motifs is 1. The van der Waals surface area contributed by atoms with Crippen molar-refractivity contribution >= 4 is 22.5 Å². The lowest BCUT2D eigenvalue weighted by Crippen LogP contribution is -2.34. The van der Waals surface area contributed by atoms with Crippen LogP contribution in [0, 0.1) is 20.8 Å². The summed E-state index contributed by atoms with van der Waals surface area (Å²) < 4.78 is 4.85. The van der Waals surface area contributed by atoms with Gasteiger partial charge in [-0.2, -0.15) is 10.2 Å². The third kappa shape index (κ3) is 3.82. The fourth-order valence-corrected chi connectivity index (χ4v) is 4.19. The van der Waals surface area contributed by atoms with Gasteiger partial charge in [0.15, 0.2) is 5.82 Å². The van der Waals surface area contributed by atoms with Gasteiger partial charge in [0.2, 0.25) is 5.91 Å². The third-order valence-corrected chi connectivity index (χ3v) is 6.34. The van der Waals surface area contributed by atoms with Gasteiger partial charge in [-0.1, -0.05) is 30.3 Å². The smallest absolute Gasteiger partial charge is 0.280 e. The van der Waals surface area contributed by atoms with E-state index in [9.17, 15) is 9.59 Å². The summed E-state index contributed by atoms with van der Waals surface area (Å²) in [5, 5.41) is 12.6. The molecule has 5 rings (SSSR count). The van der Waals surface area contributed by atoms with Crippen LogP contribution in [0.15, 0.2) is 77.9 Å². The fourth-order valence-electron chi connectivity index (χ4n) is 4.19. The maximum Gasteiger partial charge on any atom is 0.280 e. The highest BCUT2D eigenvalue weighted by atomic mass is 16.2. The summed E-state index contributed by atoms with van der Waals surface area (Å²) in [5.74, 6) is 0.285. The first kappa shape index (κ1) is 22.3. The number of anilines is 1. The molecule has 1 atom stereocenters. The van der Waals surface area contributed by atoms with E-state index >= 15 is 0 Å². The highest BCUT2D eigenvalue weighted by molar-refractivity contribution is 5.95. The predicted octanol–water partition coefficient (Wildman–Crippen LogP) is 4.50. The van der Waals surface area contributed by atoms with E-state index < -0.39 is 6.04 Å². The van der Waals surface area contributed by atoms with Crippen LogP contribution in [-0.4, -0.2) is 30.0 Å². The van der Waals surface area contributed by atoms with Crippen molar-refractivity contribution in [3.05, 3.63) is 100 Å². The van der Waals surface area contributed by atoms with Crippen LogP contribution in [0.5, 0.6) is 0 Å². The molecule has 3 heterocycles. The number of nitrogens with one attached hydrogen (secondary N) is 1. The molecule has 0 saturated heterocycles. The standard InChI is InChI=1S/C27H26N6O2/c1-17-11-10-14-22(18(17)2)28-25(34)20(4)32-27(35)23-24(19(3)29-32)30-33(21-12-6-5-7-13-21)26(23)31-15-8-9-16-31/h5-16,20H,1-4H3,(H,28,34). The van der Waals surface area contributed by atoms with Gasteiger partial charge in [-0.3, -0.25) is 9.59 Å². The molecule has 2 aromatic carbocycles. The van der Waals surface area contributed by atoms with Crippen LogP contribution in [0.25, 0.3) is 22.4 Å². The van der Waals surface area contributed by atoms with Crippen molar-refractivity contribution in [2.24, 2.45) is 0 Å². The van der Waals surface area contributed by atoms with Gasteiger partial charge in [0.25, 0.3) is 5.56 Å². The number of rotatable bonds is 5. The number of carbonyl (C=O) groups excluding carboxylic acids is 1. The summed E-state index contributed by atoms with van der Waals surface area (Å²) in [5.41, 5.74) is 4.29. The summed E-state index contributed by atoms with van der Waals surface area (Å²) in [6.45, 7) is 7.43. The van der Waals surface area contributed by atoms with E-state index in [1.54, 1.807) is 18.5 Å². The SMILES string of the molecule is Cc1cccc(NC(=O)C(C)n2nc(C)c3nn(-c4ccccc4)c(-n4cccc4)c3c2=O)c1C. The Morgan fingerprint density at radius 2 is 1.63 bits per heavy atom. The second kappa shape index (κ2) is 8.72. The number of amides is 1. The van der Waals surface area contributed by atoms with Crippen molar-refractivity contribution in [2.75, 3.05) is 5.32 Å². The van der Waals surface area contributed by atoms with Crippen molar-refractivity contribution in [3.8, 4) is 11.5 Å². The Hall–Kier alpha value is -4.46. The minimum atomic E-state index is -0.830. The zero-order valence-electron chi connectivity index (χ0n) is 20.1. The Labute approximate surface area is 202 Å². The van der Waals surface area contributed by atoms with Crippen molar-refractivity contribution in [1.29, 1.82) is 0 Å². The minimum Gasteiger partial charge on any atom is -0.324 e. The number of hydrogen-bond acceptors (Lipinski definition) is 4. The second-order valence-corrected chi connectivity index (χ2v) is 8.63. The maximum atomic E-state index is 13.8. The van der Waals surface area contributed by atoms with Gasteiger partial charge in [-0.25, -0.2) is 9.36 Å². The van der Waals surface area contributed by atoms with Crippen molar-refractivity contribution < 1.29 is 4.79 Å². The van der Waals surface area contributed by atoms with Crippen molar-refractivity contribution in [1.82, 2.24) is 24.1 Å². The van der Waals surface area contributed by atoms with E-state index in [2.05, 4.69) is 10.4 Å². The molecule has 176 valence electrons. The highest BCUT2D eigenvalue weighted by Crippen LogP contribution is 2.25. The van der Waals surface area contributed by atoms with E-state index in [4.69, 9.17) is 5.10 Å². The summed E-state index contributed by atoms with van der Waals surface area (Å²) in [7, 11) is 0. The number of para-hydroxylation sites is 1. The first-order chi connectivity index (χ1) is 16.9. The zero-order chi connectivity index (χ0) is 24.7. The fraction of sp³-hybridized carbons (Fsp3) is 0.185. The lowest BCUT2D eigenvalue weighted by Gasteiger charge is -2.17. The van der Waals surface area contributed by atoms with Crippen LogP contribution in [0.2, 0.25) is 0 Å². The van der Waals surface area contributed by atoms with E-state index in [1.807, 2.05) is 91.5 Å². The van der Waals surface area contributed by atoms with Gasteiger partial charge in [-0.05, 0) is 69.2 Å². The van der Waals surface area contributed by atoms with Crippen LogP contribution >= 0.6 is 0 Å². The molecule has 8 nitrogen and oxygen atoms in total. The molecule has 0 aliphatic carbocycles. The van der Waals surface area contributed by atoms with Crippen LogP contribution in [-0.2, 0) is 4.79 Å². The molecule has 0 spiro atoms. The second-order valence-electron chi connectivity index (χ2n) is 8.63. The minimum absolute atomic E-state index is 0.315. The van der Waals surface area contributed by atoms with E-state index in [1.165, 1.54) is 4.68 Å². The average molecular weight is 467 g/mol. The summed E-state index contributed by atoms with van der Waals surface area (Å²) >= 11 is 0. The first-order valence-corrected chi connectivity index (χ1v) is 11.4. The number of benzene rings is 2. The van der Waals surface area contributed by atoms with Gasteiger partial charge in [0, 0.05) is 18.1 Å². The Morgan fingerprint density at radius 1 is 0.914 bits per heavy atom. The van der Waals surface area contributed by atoms with Gasteiger partial charge in [-0.15, -0.1) is 0 Å². The summed E-state index contributed by atoms with van der Waals surface area (Å²) in [6, 6.07) is 18.3. The molecule has 0 aliphatic heterocycles. The molecule has 8 heteroatoms. The lowest BCUT2D eigenvalue weighted by atomic mass is 10.1. The molecule has 0 radical (unpaired) electrons. The number of hydrogen-bond donors (Lipinski definition) is 1. The zero-order valence-corrected chi connectivity index (χ0v) is 20.1. The number of aryl methyl sites for hydroxylation is 2. The Morgan fingerprint density at radius 3 is 2.34 bits per heavy atom. The molecule has 35 heavy (non-hydrogen) atoms. The monoisotopic (exact) mass is 466 g/mol. The number of nitrogens with zero attached hydrogens (tertiary/aromatic N) is 5. The summed E-state index contributed by atoms with van der Waals surface area (Å²) in [6.07, 6.45) is 3.73. The molecule has 1 N–H and O–H groups in total. The lowest BCUT2D eigenvalue weighted by molar-refractivity contribution is -0.119. The van der Waals surface area contributed by atoms with Crippen molar-refractivity contribution in [2.45, 2.75) is 33.7 Å². The van der Waals surface area contributed by atoms with E-state index in [-0.39, 0.29) is 11.5 Å². The van der Waals surface area contributed by atoms with Crippen LogP contribution in [0.1, 0.15) is 29.8 Å². The number of aromatic nitrogens is 5. The molecule has 0 aliphatic rings. The van der Waals surface area contributed by atoms with E-state index in [0.717, 1.165) is 22.5 Å². The quantitative estimate of drug-likeness (QED) is 0.413. The molecule has 0 bridgehead atoms. The van der Waals surface area contributed by atoms with Gasteiger partial charge < -0.3 is 9.88 Å². The average Bonchev–Trinajstić information content (AvgIpc) is 3.52. The molecular weight excluding hydrogens is 440 g/mol. The summed E-state index contributed by atoms with van der Waals surface area (Å²) in [4.78, 5) is 27.0. The maximum absolute atomic E-state index is 13.8. The molecular formula is C27H26N6O2. The van der Waals surface area contributed by atoms with Crippen molar-refractivity contribution in [3.63, 3.8) is 0 Å². The van der Waals surface area contributed by atoms with Gasteiger partial charge in [0.05, 0.1) is 11.4 Å². The Balaban J connectivity index is 1.66. The molecule has 5 aromatic rings. The Kier molecular flexibility index (Phi) is 5.56. The highest BCUT2D eigenvalue weighted by Gasteiger charge is 2.25. The predicted molar refractivity (Wildman–Crippen MR) is 136 cm³/mol. The first-order valence-electron chi connectivity index (χ1n) is 11.4. The van der Waals surface area contributed by atoms with Crippen LogP contribution in [0.3, 0.4) is 0 Å². The normalized spacial score (nSPS) is 12.1. The van der Waals surface area contributed by atoms with E-state index in [0.29, 0.717) is 22.4 Å². The topological polar surface area (TPSA) is 86.7 Å². The van der Waals surface area contributed by atoms with Crippen LogP contribution in [0.4, 0.5) is 5.69 Å². The van der Waals surface area contributed by atoms with Gasteiger partial charge in [0.1, 0.15) is 16.9 Å². The molecule has 0 fully saturated rings. The number of carbonyl (C=O) groups is 1. The molecule has 3 aromatic heterocycles. The van der Waals surface area contributed by atoms with Crippen LogP contribution < -0.4 is 10.9 Å². The third-order valence-electron chi connectivity index (χ3n) is 6.34.